The van der Waals surface area contributed by atoms with Crippen LogP contribution < -0.4 is 9.80 Å². The summed E-state index contributed by atoms with van der Waals surface area (Å²) in [6.45, 7) is 8.60. The van der Waals surface area contributed by atoms with Crippen LogP contribution >= 0.6 is 0 Å². The molecule has 4 rings (SSSR count). The molecular weight excluding hydrogens is 356 g/mol. The fourth-order valence-corrected chi connectivity index (χ4v) is 3.52. The Bertz CT molecular complexity index is 1040. The number of furan rings is 1. The molecule has 146 valence electrons. The molecule has 0 unspecified atom stereocenters. The summed E-state index contributed by atoms with van der Waals surface area (Å²) in [7, 11) is 1.78. The summed E-state index contributed by atoms with van der Waals surface area (Å²) >= 11 is 0. The Morgan fingerprint density at radius 2 is 1.86 bits per heavy atom. The van der Waals surface area contributed by atoms with Crippen molar-refractivity contribution >= 4 is 28.5 Å². The summed E-state index contributed by atoms with van der Waals surface area (Å²) in [4.78, 5) is 25.9. The van der Waals surface area contributed by atoms with Crippen molar-refractivity contribution in [1.82, 2.24) is 9.97 Å². The van der Waals surface area contributed by atoms with Crippen LogP contribution in [0.1, 0.15) is 27.2 Å². The number of aryl methyl sites for hydroxylation is 3. The van der Waals surface area contributed by atoms with Crippen molar-refractivity contribution in [3.05, 3.63) is 47.0 Å². The largest absolute Gasteiger partial charge is 0.442 e. The summed E-state index contributed by atoms with van der Waals surface area (Å²) < 4.78 is 11.3. The van der Waals surface area contributed by atoms with Gasteiger partial charge in [0.1, 0.15) is 17.9 Å². The van der Waals surface area contributed by atoms with E-state index in [0.717, 1.165) is 30.2 Å². The number of fused-ring (bicyclic) bond motifs is 1. The number of hydrogen-bond acceptors (Lipinski definition) is 6. The van der Waals surface area contributed by atoms with E-state index >= 15 is 0 Å². The molecule has 1 fully saturated rings. The third-order valence-electron chi connectivity index (χ3n) is 5.35. The minimum Gasteiger partial charge on any atom is -0.442 e. The zero-order valence-corrected chi connectivity index (χ0v) is 16.7. The first-order chi connectivity index (χ1) is 13.5. The van der Waals surface area contributed by atoms with Gasteiger partial charge in [-0.15, -0.1) is 0 Å². The maximum atomic E-state index is 13.4. The molecule has 3 aromatic rings. The Morgan fingerprint density at radius 1 is 1.11 bits per heavy atom. The van der Waals surface area contributed by atoms with E-state index in [-0.39, 0.29) is 5.91 Å². The topological polar surface area (TPSA) is 71.7 Å². The molecule has 28 heavy (non-hydrogen) atoms. The van der Waals surface area contributed by atoms with Crippen molar-refractivity contribution in [3.63, 3.8) is 0 Å². The second kappa shape index (κ2) is 7.24. The second-order valence-corrected chi connectivity index (χ2v) is 7.14. The van der Waals surface area contributed by atoms with E-state index in [4.69, 9.17) is 9.15 Å². The Balaban J connectivity index is 1.79. The van der Waals surface area contributed by atoms with E-state index in [1.165, 1.54) is 11.9 Å². The first-order valence-corrected chi connectivity index (χ1v) is 9.39. The highest BCUT2D eigenvalue weighted by Crippen LogP contribution is 2.33. The number of morpholine rings is 1. The number of anilines is 2. The van der Waals surface area contributed by atoms with Crippen molar-refractivity contribution < 1.29 is 13.9 Å². The number of nitrogens with zero attached hydrogens (tertiary/aromatic N) is 4. The molecular formula is C21H24N4O3. The van der Waals surface area contributed by atoms with Gasteiger partial charge in [-0.2, -0.15) is 0 Å². The third-order valence-corrected chi connectivity index (χ3v) is 5.35. The monoisotopic (exact) mass is 380 g/mol. The standard InChI is InChI=1S/C21H24N4O3/c1-13-5-6-16(11-14(13)2)24(4)21(26)17-15(3)28-20-18(17)19(22-12-23-20)25-7-9-27-10-8-25/h5-6,11-12H,7-10H2,1-4H3. The minimum absolute atomic E-state index is 0.135. The quantitative estimate of drug-likeness (QED) is 0.695. The zero-order chi connectivity index (χ0) is 19.8. The first kappa shape index (κ1) is 18.4. The molecule has 1 amide bonds. The van der Waals surface area contributed by atoms with E-state index in [1.54, 1.807) is 18.9 Å². The summed E-state index contributed by atoms with van der Waals surface area (Å²) in [6.07, 6.45) is 1.48. The number of carbonyl (C=O) groups excluding carboxylic acids is 1. The number of ether oxygens (including phenoxy) is 1. The molecule has 0 bridgehead atoms. The number of benzene rings is 1. The van der Waals surface area contributed by atoms with Gasteiger partial charge in [0.15, 0.2) is 0 Å². The highest BCUT2D eigenvalue weighted by atomic mass is 16.5. The maximum Gasteiger partial charge on any atom is 0.262 e. The average molecular weight is 380 g/mol. The van der Waals surface area contributed by atoms with Crippen molar-refractivity contribution in [1.29, 1.82) is 0 Å². The maximum absolute atomic E-state index is 13.4. The highest BCUT2D eigenvalue weighted by Gasteiger charge is 2.28. The van der Waals surface area contributed by atoms with Gasteiger partial charge in [0.2, 0.25) is 5.71 Å². The van der Waals surface area contributed by atoms with Crippen LogP contribution in [0.2, 0.25) is 0 Å². The lowest BCUT2D eigenvalue weighted by Crippen LogP contribution is -2.37. The van der Waals surface area contributed by atoms with Crippen molar-refractivity contribution in [2.75, 3.05) is 43.2 Å². The van der Waals surface area contributed by atoms with Crippen molar-refractivity contribution in [3.8, 4) is 0 Å². The average Bonchev–Trinajstić information content (AvgIpc) is 3.05. The Kier molecular flexibility index (Phi) is 4.77. The van der Waals surface area contributed by atoms with Gasteiger partial charge in [-0.3, -0.25) is 4.79 Å². The summed E-state index contributed by atoms with van der Waals surface area (Å²) in [5.74, 6) is 1.14. The minimum atomic E-state index is -0.135. The third kappa shape index (κ3) is 3.11. The van der Waals surface area contributed by atoms with Crippen molar-refractivity contribution in [2.45, 2.75) is 20.8 Å². The SMILES string of the molecule is Cc1ccc(N(C)C(=O)c2c(C)oc3ncnc(N4CCOCC4)c23)cc1C. The first-order valence-electron chi connectivity index (χ1n) is 9.39. The van der Waals surface area contributed by atoms with Crippen LogP contribution in [-0.4, -0.2) is 49.2 Å². The lowest BCUT2D eigenvalue weighted by Gasteiger charge is -2.28. The van der Waals surface area contributed by atoms with Crippen LogP contribution in [-0.2, 0) is 4.74 Å². The number of carbonyl (C=O) groups is 1. The van der Waals surface area contributed by atoms with Crippen molar-refractivity contribution in [2.24, 2.45) is 0 Å². The Morgan fingerprint density at radius 3 is 2.57 bits per heavy atom. The van der Waals surface area contributed by atoms with E-state index < -0.39 is 0 Å². The molecule has 1 saturated heterocycles. The molecule has 1 aliphatic heterocycles. The fraction of sp³-hybridized carbons (Fsp3) is 0.381. The molecule has 0 aliphatic carbocycles. The van der Waals surface area contributed by atoms with E-state index in [0.29, 0.717) is 35.6 Å². The Labute approximate surface area is 163 Å². The van der Waals surface area contributed by atoms with Gasteiger partial charge in [-0.25, -0.2) is 9.97 Å². The van der Waals surface area contributed by atoms with E-state index in [9.17, 15) is 4.79 Å². The van der Waals surface area contributed by atoms with Gasteiger partial charge < -0.3 is 19.0 Å². The molecule has 2 aromatic heterocycles. The Hall–Kier alpha value is -2.93. The van der Waals surface area contributed by atoms with Crippen LogP contribution in [0, 0.1) is 20.8 Å². The summed E-state index contributed by atoms with van der Waals surface area (Å²) in [6, 6.07) is 6.00. The summed E-state index contributed by atoms with van der Waals surface area (Å²) in [5.41, 5.74) is 4.12. The van der Waals surface area contributed by atoms with Gasteiger partial charge in [0.05, 0.1) is 24.2 Å². The molecule has 0 radical (unpaired) electrons. The molecule has 3 heterocycles. The number of amides is 1. The second-order valence-electron chi connectivity index (χ2n) is 7.14. The summed E-state index contributed by atoms with van der Waals surface area (Å²) in [5, 5.41) is 0.669. The van der Waals surface area contributed by atoms with Gasteiger partial charge in [-0.1, -0.05) is 6.07 Å². The molecule has 0 N–H and O–H groups in total. The predicted molar refractivity (Wildman–Crippen MR) is 108 cm³/mol. The zero-order valence-electron chi connectivity index (χ0n) is 16.7. The van der Waals surface area contributed by atoms with Gasteiger partial charge in [-0.05, 0) is 44.0 Å². The number of hydrogen-bond donors (Lipinski definition) is 0. The molecule has 7 heteroatoms. The van der Waals surface area contributed by atoms with Crippen LogP contribution in [0.4, 0.5) is 11.5 Å². The smallest absolute Gasteiger partial charge is 0.262 e. The van der Waals surface area contributed by atoms with Crippen LogP contribution in [0.3, 0.4) is 0 Å². The molecule has 1 aromatic carbocycles. The molecule has 0 atom stereocenters. The lowest BCUT2D eigenvalue weighted by atomic mass is 10.1. The normalized spacial score (nSPS) is 14.5. The van der Waals surface area contributed by atoms with Crippen LogP contribution in [0.5, 0.6) is 0 Å². The van der Waals surface area contributed by atoms with Crippen LogP contribution in [0.25, 0.3) is 11.1 Å². The van der Waals surface area contributed by atoms with Gasteiger partial charge in [0.25, 0.3) is 5.91 Å². The predicted octanol–water partition coefficient (Wildman–Crippen LogP) is 3.26. The van der Waals surface area contributed by atoms with Gasteiger partial charge in [0, 0.05) is 25.8 Å². The number of aromatic nitrogens is 2. The van der Waals surface area contributed by atoms with E-state index in [1.807, 2.05) is 25.1 Å². The lowest BCUT2D eigenvalue weighted by molar-refractivity contribution is 0.0993. The van der Waals surface area contributed by atoms with E-state index in [2.05, 4.69) is 21.8 Å². The molecule has 0 saturated carbocycles. The fourth-order valence-electron chi connectivity index (χ4n) is 3.52. The van der Waals surface area contributed by atoms with Crippen LogP contribution in [0.15, 0.2) is 28.9 Å². The van der Waals surface area contributed by atoms with Gasteiger partial charge >= 0.3 is 0 Å². The molecule has 7 nitrogen and oxygen atoms in total. The molecule has 0 spiro atoms. The number of rotatable bonds is 3. The highest BCUT2D eigenvalue weighted by molar-refractivity contribution is 6.16. The molecule has 1 aliphatic rings.